The molecule has 3 rings (SSSR count). The third-order valence-electron chi connectivity index (χ3n) is 3.45. The predicted molar refractivity (Wildman–Crippen MR) is 75.5 cm³/mol. The Bertz CT molecular complexity index is 752. The van der Waals surface area contributed by atoms with Crippen LogP contribution in [0.4, 0.5) is 5.69 Å². The number of carboxylic acid groups (broad SMARTS) is 1. The fourth-order valence-corrected chi connectivity index (χ4v) is 2.42. The van der Waals surface area contributed by atoms with E-state index in [0.29, 0.717) is 16.8 Å². The van der Waals surface area contributed by atoms with E-state index in [1.165, 1.54) is 18.2 Å². The van der Waals surface area contributed by atoms with Crippen LogP contribution in [0.25, 0.3) is 0 Å². The number of carbonyl (C=O) groups is 3. The number of rotatable bonds is 3. The number of benzene rings is 2. The predicted octanol–water partition coefficient (Wildman–Crippen LogP) is 2.30. The molecule has 0 bridgehead atoms. The van der Waals surface area contributed by atoms with Crippen molar-refractivity contribution in [2.45, 2.75) is 5.92 Å². The number of ketones is 1. The topological polar surface area (TPSA) is 83.5 Å². The Morgan fingerprint density at radius 2 is 1.71 bits per heavy atom. The van der Waals surface area contributed by atoms with Crippen molar-refractivity contribution in [3.05, 3.63) is 65.2 Å². The van der Waals surface area contributed by atoms with Crippen LogP contribution in [0, 0.1) is 0 Å². The van der Waals surface area contributed by atoms with Crippen molar-refractivity contribution in [1.82, 2.24) is 0 Å². The second-order valence-electron chi connectivity index (χ2n) is 4.76. The maximum Gasteiger partial charge on any atom is 0.335 e. The van der Waals surface area contributed by atoms with Gasteiger partial charge in [-0.1, -0.05) is 36.4 Å². The molecule has 5 nitrogen and oxygen atoms in total. The molecule has 2 aromatic carbocycles. The van der Waals surface area contributed by atoms with E-state index in [2.05, 4.69) is 5.32 Å². The van der Waals surface area contributed by atoms with Crippen molar-refractivity contribution in [2.75, 3.05) is 5.32 Å². The van der Waals surface area contributed by atoms with Gasteiger partial charge in [0.15, 0.2) is 5.78 Å². The van der Waals surface area contributed by atoms with Crippen LogP contribution in [0.5, 0.6) is 0 Å². The molecule has 0 fully saturated rings. The largest absolute Gasteiger partial charge is 0.478 e. The molecule has 0 saturated heterocycles. The van der Waals surface area contributed by atoms with Gasteiger partial charge in [-0.25, -0.2) is 4.79 Å². The number of hydrogen-bond donors (Lipinski definition) is 2. The summed E-state index contributed by atoms with van der Waals surface area (Å²) in [6.45, 7) is 0. The third kappa shape index (κ3) is 2.18. The zero-order valence-corrected chi connectivity index (χ0v) is 10.9. The molecule has 1 aliphatic heterocycles. The Morgan fingerprint density at radius 1 is 1.00 bits per heavy atom. The van der Waals surface area contributed by atoms with Gasteiger partial charge in [-0.2, -0.15) is 0 Å². The Morgan fingerprint density at radius 3 is 2.38 bits per heavy atom. The average Bonchev–Trinajstić information content (AvgIpc) is 2.82. The first-order valence-electron chi connectivity index (χ1n) is 6.35. The summed E-state index contributed by atoms with van der Waals surface area (Å²) >= 11 is 0. The highest BCUT2D eigenvalue weighted by Gasteiger charge is 2.37. The van der Waals surface area contributed by atoms with Crippen LogP contribution in [0.2, 0.25) is 0 Å². The second kappa shape index (κ2) is 4.86. The zero-order valence-electron chi connectivity index (χ0n) is 10.9. The number of fused-ring (bicyclic) bond motifs is 1. The van der Waals surface area contributed by atoms with Gasteiger partial charge in [-0.05, 0) is 17.7 Å². The van der Waals surface area contributed by atoms with Gasteiger partial charge < -0.3 is 10.4 Å². The Labute approximate surface area is 120 Å². The van der Waals surface area contributed by atoms with Crippen LogP contribution in [0.15, 0.2) is 48.5 Å². The molecule has 0 aliphatic carbocycles. The van der Waals surface area contributed by atoms with E-state index in [4.69, 9.17) is 5.11 Å². The minimum absolute atomic E-state index is 0.0712. The van der Waals surface area contributed by atoms with Gasteiger partial charge in [0, 0.05) is 11.3 Å². The minimum Gasteiger partial charge on any atom is -0.478 e. The molecule has 2 aromatic rings. The molecule has 2 N–H and O–H groups in total. The van der Waals surface area contributed by atoms with Crippen molar-refractivity contribution in [3.8, 4) is 0 Å². The molecular weight excluding hydrogens is 270 g/mol. The summed E-state index contributed by atoms with van der Waals surface area (Å²) < 4.78 is 0. The standard InChI is InChI=1S/C16H11NO4/c18-14(9-4-2-1-3-5-9)13-11-7-6-10(16(20)21)8-12(11)17-15(13)19/h1-8,13H,(H,17,19)(H,20,21). The maximum atomic E-state index is 12.5. The van der Waals surface area contributed by atoms with E-state index < -0.39 is 17.8 Å². The molecule has 104 valence electrons. The number of aromatic carboxylic acids is 1. The summed E-state index contributed by atoms with van der Waals surface area (Å²) in [6.07, 6.45) is 0. The molecule has 1 amide bonds. The fraction of sp³-hybridized carbons (Fsp3) is 0.0625. The molecule has 1 atom stereocenters. The summed E-state index contributed by atoms with van der Waals surface area (Å²) in [5.74, 6) is -2.73. The Kier molecular flexibility index (Phi) is 3.02. The first kappa shape index (κ1) is 13.1. The lowest BCUT2D eigenvalue weighted by Gasteiger charge is -2.08. The molecule has 0 aromatic heterocycles. The zero-order chi connectivity index (χ0) is 15.0. The summed E-state index contributed by atoms with van der Waals surface area (Å²) in [4.78, 5) is 35.4. The first-order chi connectivity index (χ1) is 10.1. The van der Waals surface area contributed by atoms with E-state index in [9.17, 15) is 14.4 Å². The van der Waals surface area contributed by atoms with Gasteiger partial charge in [-0.15, -0.1) is 0 Å². The molecular formula is C16H11NO4. The lowest BCUT2D eigenvalue weighted by Crippen LogP contribution is -2.20. The van der Waals surface area contributed by atoms with Crippen LogP contribution >= 0.6 is 0 Å². The van der Waals surface area contributed by atoms with Crippen LogP contribution < -0.4 is 5.32 Å². The number of Topliss-reactive ketones (excluding diaryl/α,β-unsaturated/α-hetero) is 1. The lowest BCUT2D eigenvalue weighted by atomic mass is 9.91. The first-order valence-corrected chi connectivity index (χ1v) is 6.35. The van der Waals surface area contributed by atoms with Gasteiger partial charge in [-0.3, -0.25) is 9.59 Å². The highest BCUT2D eigenvalue weighted by Crippen LogP contribution is 2.35. The smallest absolute Gasteiger partial charge is 0.335 e. The number of anilines is 1. The van der Waals surface area contributed by atoms with Gasteiger partial charge in [0.25, 0.3) is 0 Å². The van der Waals surface area contributed by atoms with E-state index in [1.54, 1.807) is 30.3 Å². The normalized spacial score (nSPS) is 16.2. The molecule has 0 radical (unpaired) electrons. The van der Waals surface area contributed by atoms with Crippen molar-refractivity contribution in [1.29, 1.82) is 0 Å². The third-order valence-corrected chi connectivity index (χ3v) is 3.45. The van der Waals surface area contributed by atoms with Crippen molar-refractivity contribution in [2.24, 2.45) is 0 Å². The fourth-order valence-electron chi connectivity index (χ4n) is 2.42. The van der Waals surface area contributed by atoms with Crippen molar-refractivity contribution < 1.29 is 19.5 Å². The SMILES string of the molecule is O=C(O)c1ccc2c(c1)NC(=O)C2C(=O)c1ccccc1. The van der Waals surface area contributed by atoms with Crippen LogP contribution in [0.1, 0.15) is 32.2 Å². The number of nitrogens with one attached hydrogen (secondary N) is 1. The maximum absolute atomic E-state index is 12.5. The Hall–Kier alpha value is -2.95. The van der Waals surface area contributed by atoms with Crippen LogP contribution in [0.3, 0.4) is 0 Å². The summed E-state index contributed by atoms with van der Waals surface area (Å²) in [7, 11) is 0. The highest BCUT2D eigenvalue weighted by atomic mass is 16.4. The van der Waals surface area contributed by atoms with E-state index in [1.807, 2.05) is 0 Å². The lowest BCUT2D eigenvalue weighted by molar-refractivity contribution is -0.116. The number of hydrogen-bond acceptors (Lipinski definition) is 3. The van der Waals surface area contributed by atoms with E-state index in [-0.39, 0.29) is 11.3 Å². The molecule has 0 spiro atoms. The van der Waals surface area contributed by atoms with Gasteiger partial charge >= 0.3 is 5.97 Å². The summed E-state index contributed by atoms with van der Waals surface area (Å²) in [6, 6.07) is 12.8. The monoisotopic (exact) mass is 281 g/mol. The second-order valence-corrected chi connectivity index (χ2v) is 4.76. The van der Waals surface area contributed by atoms with Gasteiger partial charge in [0.1, 0.15) is 5.92 Å². The quantitative estimate of drug-likeness (QED) is 0.668. The van der Waals surface area contributed by atoms with E-state index >= 15 is 0 Å². The number of amides is 1. The summed E-state index contributed by atoms with van der Waals surface area (Å²) in [5.41, 5.74) is 1.42. The summed E-state index contributed by atoms with van der Waals surface area (Å²) in [5, 5.41) is 11.5. The van der Waals surface area contributed by atoms with Crippen LogP contribution in [-0.2, 0) is 4.79 Å². The minimum atomic E-state index is -1.08. The molecule has 21 heavy (non-hydrogen) atoms. The van der Waals surface area contributed by atoms with Gasteiger partial charge in [0.05, 0.1) is 5.56 Å². The van der Waals surface area contributed by atoms with Gasteiger partial charge in [0.2, 0.25) is 5.91 Å². The van der Waals surface area contributed by atoms with Crippen LogP contribution in [-0.4, -0.2) is 22.8 Å². The number of carboxylic acids is 1. The van der Waals surface area contributed by atoms with Crippen molar-refractivity contribution >= 4 is 23.3 Å². The molecule has 5 heteroatoms. The molecule has 0 saturated carbocycles. The Balaban J connectivity index is 2.02. The van der Waals surface area contributed by atoms with E-state index in [0.717, 1.165) is 0 Å². The average molecular weight is 281 g/mol. The molecule has 1 unspecified atom stereocenters. The molecule has 1 heterocycles. The highest BCUT2D eigenvalue weighted by molar-refractivity contribution is 6.21. The number of carbonyl (C=O) groups excluding carboxylic acids is 2. The van der Waals surface area contributed by atoms with Crippen molar-refractivity contribution in [3.63, 3.8) is 0 Å². The molecule has 1 aliphatic rings.